The maximum atomic E-state index is 9.19. The Balaban J connectivity index is 1.62. The zero-order valence-electron chi connectivity index (χ0n) is 20.4. The van der Waals surface area contributed by atoms with Gasteiger partial charge < -0.3 is 25.8 Å². The van der Waals surface area contributed by atoms with Crippen LogP contribution < -0.4 is 5.73 Å². The Morgan fingerprint density at radius 1 is 1.36 bits per heavy atom. The Morgan fingerprint density at radius 3 is 2.73 bits per heavy atom. The van der Waals surface area contributed by atoms with E-state index in [1.807, 2.05) is 19.2 Å². The van der Waals surface area contributed by atoms with Gasteiger partial charge in [-0.25, -0.2) is 0 Å². The maximum Gasteiger partial charge on any atom is 0.118 e. The lowest BCUT2D eigenvalue weighted by Crippen LogP contribution is -2.58. The topological polar surface area (TPSA) is 72.5 Å². The van der Waals surface area contributed by atoms with E-state index in [1.54, 1.807) is 18.0 Å². The second-order valence-corrected chi connectivity index (χ2v) is 10.5. The third-order valence-electron chi connectivity index (χ3n) is 7.17. The predicted molar refractivity (Wildman–Crippen MR) is 140 cm³/mol. The van der Waals surface area contributed by atoms with E-state index in [1.165, 1.54) is 5.57 Å². The van der Waals surface area contributed by atoms with Crippen molar-refractivity contribution >= 4 is 22.4 Å². The standard InChI is InChI=1S/C26H36N6S/c1-7-30(5)20-14-32(15-20)18(4)24-25(19-9-8-10-29-13-19)33-26(31(24)6)23(28)21-12-16(2)11-17(3)22(21)27/h8-11,13,20-21,26,28H,4,7,12,14-15,27H2,1-3,5-6H3. The van der Waals surface area contributed by atoms with Crippen LogP contribution in [-0.2, 0) is 0 Å². The number of aromatic nitrogens is 1. The smallest absolute Gasteiger partial charge is 0.118 e. The molecule has 2 unspecified atom stereocenters. The van der Waals surface area contributed by atoms with Crippen molar-refractivity contribution in [3.63, 3.8) is 0 Å². The molecule has 3 aliphatic rings. The van der Waals surface area contributed by atoms with Crippen LogP contribution >= 0.6 is 11.8 Å². The van der Waals surface area contributed by atoms with E-state index in [0.29, 0.717) is 11.8 Å². The zero-order valence-corrected chi connectivity index (χ0v) is 21.2. The first-order valence-electron chi connectivity index (χ1n) is 11.6. The van der Waals surface area contributed by atoms with Gasteiger partial charge in [-0.05, 0) is 45.5 Å². The van der Waals surface area contributed by atoms with Gasteiger partial charge in [-0.3, -0.25) is 4.98 Å². The van der Waals surface area contributed by atoms with Gasteiger partial charge >= 0.3 is 0 Å². The number of likely N-dealkylation sites (N-methyl/N-ethyl adjacent to an activating group) is 2. The molecule has 1 fully saturated rings. The molecule has 0 radical (unpaired) electrons. The van der Waals surface area contributed by atoms with Crippen molar-refractivity contribution in [2.45, 2.75) is 38.6 Å². The van der Waals surface area contributed by atoms with Gasteiger partial charge in [-0.2, -0.15) is 0 Å². The minimum Gasteiger partial charge on any atom is -0.401 e. The van der Waals surface area contributed by atoms with Crippen LogP contribution in [0.3, 0.4) is 0 Å². The number of thioether (sulfide) groups is 1. The second kappa shape index (κ2) is 9.39. The Hall–Kier alpha value is -2.51. The highest BCUT2D eigenvalue weighted by Gasteiger charge is 2.41. The number of nitrogens with two attached hydrogens (primary N) is 1. The molecule has 6 nitrogen and oxygen atoms in total. The van der Waals surface area contributed by atoms with Crippen LogP contribution in [0.1, 0.15) is 32.8 Å². The molecule has 2 aliphatic heterocycles. The SMILES string of the molecule is C=C(C1=C(c2cccnc2)SC(C(=N)C2CC(C)=CC(C)=C2N)N1C)N1CC(N(C)CC)C1. The normalized spacial score (nSPS) is 23.9. The van der Waals surface area contributed by atoms with Crippen molar-refractivity contribution in [1.29, 1.82) is 5.41 Å². The van der Waals surface area contributed by atoms with Crippen LogP contribution in [-0.4, -0.2) is 70.5 Å². The molecule has 1 aromatic rings. The van der Waals surface area contributed by atoms with Crippen molar-refractivity contribution in [2.75, 3.05) is 33.7 Å². The first-order valence-corrected chi connectivity index (χ1v) is 12.5. The molecule has 2 atom stereocenters. The van der Waals surface area contributed by atoms with Crippen LogP contribution in [0.5, 0.6) is 0 Å². The van der Waals surface area contributed by atoms with Gasteiger partial charge in [0.25, 0.3) is 0 Å². The van der Waals surface area contributed by atoms with Gasteiger partial charge in [0, 0.05) is 60.7 Å². The van der Waals surface area contributed by atoms with Crippen LogP contribution in [0.25, 0.3) is 4.91 Å². The first-order chi connectivity index (χ1) is 15.7. The number of allylic oxidation sites excluding steroid dienone is 4. The second-order valence-electron chi connectivity index (χ2n) is 9.42. The van der Waals surface area contributed by atoms with Gasteiger partial charge in [0.2, 0.25) is 0 Å². The molecule has 0 amide bonds. The number of likely N-dealkylation sites (tertiary alicyclic amines) is 1. The predicted octanol–water partition coefficient (Wildman–Crippen LogP) is 4.12. The first kappa shape index (κ1) is 23.6. The van der Waals surface area contributed by atoms with Gasteiger partial charge in [0.1, 0.15) is 5.37 Å². The summed E-state index contributed by atoms with van der Waals surface area (Å²) in [4.78, 5) is 12.5. The zero-order chi connectivity index (χ0) is 23.9. The fraction of sp³-hybridized carbons (Fsp3) is 0.462. The molecular weight excluding hydrogens is 428 g/mol. The molecule has 176 valence electrons. The van der Waals surface area contributed by atoms with Crippen LogP contribution in [0.4, 0.5) is 0 Å². The quantitative estimate of drug-likeness (QED) is 0.592. The highest BCUT2D eigenvalue weighted by atomic mass is 32.2. The molecule has 33 heavy (non-hydrogen) atoms. The van der Waals surface area contributed by atoms with Crippen molar-refractivity contribution in [3.8, 4) is 0 Å². The summed E-state index contributed by atoms with van der Waals surface area (Å²) in [7, 11) is 4.27. The molecule has 1 saturated heterocycles. The van der Waals surface area contributed by atoms with Crippen LogP contribution in [0, 0.1) is 11.3 Å². The molecule has 0 bridgehead atoms. The number of pyridine rings is 1. The highest BCUT2D eigenvalue weighted by molar-refractivity contribution is 8.09. The van der Waals surface area contributed by atoms with Gasteiger partial charge in [-0.1, -0.05) is 43.0 Å². The van der Waals surface area contributed by atoms with Gasteiger partial charge in [0.15, 0.2) is 0 Å². The lowest BCUT2D eigenvalue weighted by atomic mass is 9.85. The van der Waals surface area contributed by atoms with Crippen molar-refractivity contribution in [3.05, 3.63) is 71.0 Å². The number of hydrogen-bond acceptors (Lipinski definition) is 7. The van der Waals surface area contributed by atoms with E-state index in [4.69, 9.17) is 5.73 Å². The summed E-state index contributed by atoms with van der Waals surface area (Å²) in [6, 6.07) is 4.63. The third kappa shape index (κ3) is 4.36. The number of hydrogen-bond donors (Lipinski definition) is 2. The molecule has 4 rings (SSSR count). The largest absolute Gasteiger partial charge is 0.401 e. The summed E-state index contributed by atoms with van der Waals surface area (Å²) < 4.78 is 0. The third-order valence-corrected chi connectivity index (χ3v) is 8.63. The Kier molecular flexibility index (Phi) is 6.73. The van der Waals surface area contributed by atoms with Crippen LogP contribution in [0.15, 0.2) is 65.4 Å². The summed E-state index contributed by atoms with van der Waals surface area (Å²) in [6.07, 6.45) is 6.66. The van der Waals surface area contributed by atoms with Gasteiger partial charge in [-0.15, -0.1) is 0 Å². The number of nitrogens with zero attached hydrogens (tertiary/aromatic N) is 4. The minimum absolute atomic E-state index is 0.0655. The Labute approximate surface area is 202 Å². The van der Waals surface area contributed by atoms with E-state index in [2.05, 4.69) is 66.3 Å². The molecular formula is C26H36N6S. The summed E-state index contributed by atoms with van der Waals surface area (Å²) in [5.74, 6) is -0.0655. The summed E-state index contributed by atoms with van der Waals surface area (Å²) in [5.41, 5.74) is 13.5. The van der Waals surface area contributed by atoms with Crippen molar-refractivity contribution in [1.82, 2.24) is 19.7 Å². The van der Waals surface area contributed by atoms with E-state index in [9.17, 15) is 5.41 Å². The lowest BCUT2D eigenvalue weighted by molar-refractivity contribution is 0.0799. The molecule has 0 spiro atoms. The van der Waals surface area contributed by atoms with Crippen molar-refractivity contribution in [2.24, 2.45) is 11.7 Å². The summed E-state index contributed by atoms with van der Waals surface area (Å²) in [5, 5.41) is 9.07. The van der Waals surface area contributed by atoms with Crippen LogP contribution in [0.2, 0.25) is 0 Å². The maximum absolute atomic E-state index is 9.19. The molecule has 1 aromatic heterocycles. The fourth-order valence-corrected chi connectivity index (χ4v) is 6.27. The number of nitrogens with one attached hydrogen (secondary N) is 1. The van der Waals surface area contributed by atoms with Crippen molar-refractivity contribution < 1.29 is 0 Å². The average molecular weight is 465 g/mol. The van der Waals surface area contributed by atoms with E-state index in [-0.39, 0.29) is 11.3 Å². The molecule has 1 aliphatic carbocycles. The van der Waals surface area contributed by atoms with Gasteiger partial charge in [0.05, 0.1) is 17.1 Å². The number of rotatable bonds is 7. The molecule has 7 heteroatoms. The Morgan fingerprint density at radius 2 is 2.09 bits per heavy atom. The van der Waals surface area contributed by atoms with E-state index < -0.39 is 0 Å². The average Bonchev–Trinajstić information content (AvgIpc) is 3.12. The summed E-state index contributed by atoms with van der Waals surface area (Å²) >= 11 is 1.72. The van der Waals surface area contributed by atoms with E-state index >= 15 is 0 Å². The highest BCUT2D eigenvalue weighted by Crippen LogP contribution is 2.48. The lowest BCUT2D eigenvalue weighted by Gasteiger charge is -2.47. The monoisotopic (exact) mass is 464 g/mol. The summed E-state index contributed by atoms with van der Waals surface area (Å²) in [6.45, 7) is 13.9. The minimum atomic E-state index is -0.121. The molecule has 0 saturated carbocycles. The molecule has 3 N–H and O–H groups in total. The molecule has 0 aromatic carbocycles. The fourth-order valence-electron chi connectivity index (χ4n) is 4.86. The van der Waals surface area contributed by atoms with E-state index in [0.717, 1.165) is 59.2 Å². The molecule has 3 heterocycles. The Bertz CT molecular complexity index is 1030.